The van der Waals surface area contributed by atoms with E-state index >= 15 is 0 Å². The number of unbranched alkanes of at least 4 members (excludes halogenated alkanes) is 1. The molecule has 19 heavy (non-hydrogen) atoms. The van der Waals surface area contributed by atoms with Gasteiger partial charge in [-0.15, -0.1) is 0 Å². The van der Waals surface area contributed by atoms with Crippen LogP contribution in [0.2, 0.25) is 0 Å². The maximum absolute atomic E-state index is 13.6. The highest BCUT2D eigenvalue weighted by atomic mass is 19.1. The molecule has 0 aliphatic heterocycles. The molecule has 0 atom stereocenters. The molecule has 0 heterocycles. The summed E-state index contributed by atoms with van der Waals surface area (Å²) in [6, 6.07) is 2.03. The second-order valence-corrected chi connectivity index (χ2v) is 4.15. The smallest absolute Gasteiger partial charge is 0.306 e. The molecule has 3 nitrogen and oxygen atoms in total. The largest absolute Gasteiger partial charge is 0.494 e. The van der Waals surface area contributed by atoms with E-state index in [1.54, 1.807) is 0 Å². The topological polar surface area (TPSA) is 35.5 Å². The molecule has 0 fully saturated rings. The van der Waals surface area contributed by atoms with E-state index in [0.717, 1.165) is 25.0 Å². The van der Waals surface area contributed by atoms with Crippen molar-refractivity contribution in [1.29, 1.82) is 0 Å². The van der Waals surface area contributed by atoms with Gasteiger partial charge in [-0.2, -0.15) is 0 Å². The zero-order valence-corrected chi connectivity index (χ0v) is 11.2. The summed E-state index contributed by atoms with van der Waals surface area (Å²) in [7, 11) is 1.27. The third-order valence-electron chi connectivity index (χ3n) is 2.68. The Morgan fingerprint density at radius 3 is 2.63 bits per heavy atom. The van der Waals surface area contributed by atoms with Crippen molar-refractivity contribution in [2.75, 3.05) is 13.7 Å². The lowest BCUT2D eigenvalue weighted by Gasteiger charge is -2.07. The quantitative estimate of drug-likeness (QED) is 0.564. The standard InChI is InChI=1S/C14H18F2O3/c1-3-4-7-19-14(17)6-5-10-8-12(16)13(18-2)9-11(10)15/h8-9H,3-7H2,1-2H3. The molecule has 0 unspecified atom stereocenters. The lowest BCUT2D eigenvalue weighted by Crippen LogP contribution is -2.08. The maximum atomic E-state index is 13.6. The summed E-state index contributed by atoms with van der Waals surface area (Å²) in [5.41, 5.74) is 0.144. The number of carbonyl (C=O) groups is 1. The number of methoxy groups -OCH3 is 1. The van der Waals surface area contributed by atoms with Gasteiger partial charge in [0.1, 0.15) is 5.82 Å². The van der Waals surface area contributed by atoms with Crippen molar-refractivity contribution in [3.8, 4) is 5.75 Å². The summed E-state index contributed by atoms with van der Waals surface area (Å²) >= 11 is 0. The minimum Gasteiger partial charge on any atom is -0.494 e. The van der Waals surface area contributed by atoms with Crippen LogP contribution in [-0.2, 0) is 16.0 Å². The van der Waals surface area contributed by atoms with Crippen molar-refractivity contribution < 1.29 is 23.0 Å². The predicted molar refractivity (Wildman–Crippen MR) is 67.1 cm³/mol. The molecule has 1 aromatic rings. The monoisotopic (exact) mass is 272 g/mol. The lowest BCUT2D eigenvalue weighted by atomic mass is 10.1. The van der Waals surface area contributed by atoms with E-state index in [4.69, 9.17) is 4.74 Å². The molecule has 0 aliphatic carbocycles. The van der Waals surface area contributed by atoms with Crippen molar-refractivity contribution in [2.45, 2.75) is 32.6 Å². The van der Waals surface area contributed by atoms with Crippen LogP contribution in [0.4, 0.5) is 8.78 Å². The first-order valence-electron chi connectivity index (χ1n) is 6.26. The van der Waals surface area contributed by atoms with Gasteiger partial charge in [-0.1, -0.05) is 13.3 Å². The van der Waals surface area contributed by atoms with E-state index in [1.165, 1.54) is 7.11 Å². The van der Waals surface area contributed by atoms with E-state index in [0.29, 0.717) is 6.61 Å². The molecular weight excluding hydrogens is 254 g/mol. The fraction of sp³-hybridized carbons (Fsp3) is 0.500. The molecule has 1 aromatic carbocycles. The first kappa shape index (κ1) is 15.4. The van der Waals surface area contributed by atoms with Gasteiger partial charge >= 0.3 is 5.97 Å². The maximum Gasteiger partial charge on any atom is 0.306 e. The minimum atomic E-state index is -0.641. The van der Waals surface area contributed by atoms with Gasteiger partial charge in [0.05, 0.1) is 13.7 Å². The zero-order chi connectivity index (χ0) is 14.3. The average molecular weight is 272 g/mol. The van der Waals surface area contributed by atoms with Crippen LogP contribution in [0.3, 0.4) is 0 Å². The van der Waals surface area contributed by atoms with Crippen molar-refractivity contribution in [3.63, 3.8) is 0 Å². The number of benzene rings is 1. The number of halogens is 2. The molecule has 0 amide bonds. The molecule has 0 aromatic heterocycles. The van der Waals surface area contributed by atoms with Crippen LogP contribution in [-0.4, -0.2) is 19.7 Å². The molecule has 0 saturated carbocycles. The highest BCUT2D eigenvalue weighted by molar-refractivity contribution is 5.69. The van der Waals surface area contributed by atoms with Crippen molar-refractivity contribution >= 4 is 5.97 Å². The second kappa shape index (κ2) is 7.71. The van der Waals surface area contributed by atoms with Crippen LogP contribution in [0.5, 0.6) is 5.75 Å². The molecule has 1 rings (SSSR count). The fourth-order valence-electron chi connectivity index (χ4n) is 1.56. The van der Waals surface area contributed by atoms with Gasteiger partial charge in [0, 0.05) is 12.5 Å². The number of esters is 1. The van der Waals surface area contributed by atoms with Crippen LogP contribution in [0, 0.1) is 11.6 Å². The number of hydrogen-bond acceptors (Lipinski definition) is 3. The summed E-state index contributed by atoms with van der Waals surface area (Å²) in [5.74, 6) is -1.77. The Morgan fingerprint density at radius 2 is 2.00 bits per heavy atom. The third-order valence-corrected chi connectivity index (χ3v) is 2.68. The Balaban J connectivity index is 2.53. The average Bonchev–Trinajstić information content (AvgIpc) is 2.39. The normalized spacial score (nSPS) is 10.3. The summed E-state index contributed by atoms with van der Waals surface area (Å²) in [5, 5.41) is 0. The van der Waals surface area contributed by atoms with Gasteiger partial charge in [-0.3, -0.25) is 4.79 Å². The van der Waals surface area contributed by atoms with E-state index in [-0.39, 0.29) is 24.2 Å². The van der Waals surface area contributed by atoms with Crippen LogP contribution >= 0.6 is 0 Å². The van der Waals surface area contributed by atoms with E-state index in [2.05, 4.69) is 4.74 Å². The summed E-state index contributed by atoms with van der Waals surface area (Å²) in [6.45, 7) is 2.36. The Morgan fingerprint density at radius 1 is 1.26 bits per heavy atom. The number of hydrogen-bond donors (Lipinski definition) is 0. The molecule has 5 heteroatoms. The molecule has 106 valence electrons. The van der Waals surface area contributed by atoms with Crippen LogP contribution in [0.15, 0.2) is 12.1 Å². The Labute approximate surface area is 111 Å². The van der Waals surface area contributed by atoms with Gasteiger partial charge in [0.15, 0.2) is 11.6 Å². The minimum absolute atomic E-state index is 0.0341. The molecule has 0 bridgehead atoms. The molecule has 0 spiro atoms. The van der Waals surface area contributed by atoms with Gasteiger partial charge in [0.2, 0.25) is 0 Å². The zero-order valence-electron chi connectivity index (χ0n) is 11.2. The molecule has 0 radical (unpaired) electrons. The highest BCUT2D eigenvalue weighted by Gasteiger charge is 2.12. The highest BCUT2D eigenvalue weighted by Crippen LogP contribution is 2.22. The lowest BCUT2D eigenvalue weighted by molar-refractivity contribution is -0.143. The first-order chi connectivity index (χ1) is 9.08. The molecular formula is C14H18F2O3. The number of rotatable bonds is 7. The van der Waals surface area contributed by atoms with Crippen molar-refractivity contribution in [1.82, 2.24) is 0 Å². The van der Waals surface area contributed by atoms with E-state index < -0.39 is 17.6 Å². The van der Waals surface area contributed by atoms with Gasteiger partial charge in [-0.05, 0) is 24.5 Å². The first-order valence-corrected chi connectivity index (χ1v) is 6.26. The predicted octanol–water partition coefficient (Wildman–Crippen LogP) is 3.25. The summed E-state index contributed by atoms with van der Waals surface area (Å²) in [4.78, 5) is 11.3. The van der Waals surface area contributed by atoms with Crippen LogP contribution < -0.4 is 4.74 Å². The van der Waals surface area contributed by atoms with Crippen molar-refractivity contribution in [2.24, 2.45) is 0 Å². The van der Waals surface area contributed by atoms with E-state index in [9.17, 15) is 13.6 Å². The number of ether oxygens (including phenoxy) is 2. The Hall–Kier alpha value is -1.65. The molecule has 0 N–H and O–H groups in total. The second-order valence-electron chi connectivity index (χ2n) is 4.15. The van der Waals surface area contributed by atoms with Gasteiger partial charge in [-0.25, -0.2) is 8.78 Å². The Kier molecular flexibility index (Phi) is 6.25. The number of carbonyl (C=O) groups excluding carboxylic acids is 1. The summed E-state index contributed by atoms with van der Waals surface area (Å²) < 4.78 is 36.6. The number of aryl methyl sites for hydroxylation is 1. The van der Waals surface area contributed by atoms with Gasteiger partial charge < -0.3 is 9.47 Å². The van der Waals surface area contributed by atoms with Crippen LogP contribution in [0.1, 0.15) is 31.7 Å². The van der Waals surface area contributed by atoms with Crippen molar-refractivity contribution in [3.05, 3.63) is 29.3 Å². The van der Waals surface area contributed by atoms with Crippen LogP contribution in [0.25, 0.3) is 0 Å². The van der Waals surface area contributed by atoms with Gasteiger partial charge in [0.25, 0.3) is 0 Å². The molecule has 0 saturated heterocycles. The fourth-order valence-corrected chi connectivity index (χ4v) is 1.56. The Bertz CT molecular complexity index is 433. The SMILES string of the molecule is CCCCOC(=O)CCc1cc(F)c(OC)cc1F. The summed E-state index contributed by atoms with van der Waals surface area (Å²) in [6.07, 6.45) is 1.88. The third kappa shape index (κ3) is 4.85. The van der Waals surface area contributed by atoms with E-state index in [1.807, 2.05) is 6.92 Å². The molecule has 0 aliphatic rings.